The summed E-state index contributed by atoms with van der Waals surface area (Å²) in [4.78, 5) is 9.75. The number of nitrogens with zero attached hydrogens (tertiary/aromatic N) is 3. The summed E-state index contributed by atoms with van der Waals surface area (Å²) >= 11 is 0. The minimum atomic E-state index is 0.575. The molecule has 2 unspecified atom stereocenters. The third kappa shape index (κ3) is 6.22. The molecule has 1 N–H and O–H groups in total. The number of guanidine groups is 1. The first kappa shape index (κ1) is 20.2. The van der Waals surface area contributed by atoms with Crippen molar-refractivity contribution in [3.8, 4) is 0 Å². The van der Waals surface area contributed by atoms with E-state index in [1.54, 1.807) is 0 Å². The molecule has 1 heterocycles. The van der Waals surface area contributed by atoms with Crippen LogP contribution in [0, 0.1) is 11.8 Å². The van der Waals surface area contributed by atoms with Gasteiger partial charge in [-0.3, -0.25) is 4.99 Å². The van der Waals surface area contributed by atoms with Crippen LogP contribution in [0.1, 0.15) is 31.7 Å². The Balaban J connectivity index is 1.47. The predicted octanol–water partition coefficient (Wildman–Crippen LogP) is 2.83. The molecule has 1 aliphatic carbocycles. The van der Waals surface area contributed by atoms with Gasteiger partial charge in [0.2, 0.25) is 0 Å². The standard InChI is InChI=1S/C22H36N4O/c1-4-23-22(24-14-21(25(2)3)20-10-11-20)26-13-12-19(15-26)17-27-16-18-8-6-5-7-9-18/h5-9,19-21H,4,10-17H2,1-3H3,(H,23,24). The van der Waals surface area contributed by atoms with Crippen molar-refractivity contribution in [3.05, 3.63) is 35.9 Å². The van der Waals surface area contributed by atoms with Crippen molar-refractivity contribution in [1.82, 2.24) is 15.1 Å². The van der Waals surface area contributed by atoms with Gasteiger partial charge < -0.3 is 19.9 Å². The van der Waals surface area contributed by atoms with E-state index in [4.69, 9.17) is 9.73 Å². The lowest BCUT2D eigenvalue weighted by atomic mass is 10.1. The summed E-state index contributed by atoms with van der Waals surface area (Å²) in [7, 11) is 4.36. The third-order valence-electron chi connectivity index (χ3n) is 5.64. The number of likely N-dealkylation sites (tertiary alicyclic amines) is 1. The quantitative estimate of drug-likeness (QED) is 0.534. The Morgan fingerprint density at radius 2 is 2.04 bits per heavy atom. The van der Waals surface area contributed by atoms with Crippen LogP contribution < -0.4 is 5.32 Å². The Kier molecular flexibility index (Phi) is 7.53. The van der Waals surface area contributed by atoms with Gasteiger partial charge in [0, 0.05) is 31.6 Å². The average molecular weight is 373 g/mol. The molecule has 150 valence electrons. The third-order valence-corrected chi connectivity index (χ3v) is 5.64. The van der Waals surface area contributed by atoms with Crippen LogP contribution in [0.4, 0.5) is 0 Å². The molecular weight excluding hydrogens is 336 g/mol. The summed E-state index contributed by atoms with van der Waals surface area (Å²) in [6.45, 7) is 7.60. The minimum absolute atomic E-state index is 0.575. The van der Waals surface area contributed by atoms with Crippen LogP contribution in [0.15, 0.2) is 35.3 Å². The Labute approximate surface area is 164 Å². The van der Waals surface area contributed by atoms with Gasteiger partial charge in [0.1, 0.15) is 0 Å². The number of aliphatic imine (C=N–C) groups is 1. The number of benzene rings is 1. The van der Waals surface area contributed by atoms with Gasteiger partial charge in [0.05, 0.1) is 19.8 Å². The number of hydrogen-bond acceptors (Lipinski definition) is 3. The van der Waals surface area contributed by atoms with Gasteiger partial charge in [-0.25, -0.2) is 0 Å². The second-order valence-electron chi connectivity index (χ2n) is 8.16. The molecular formula is C22H36N4O. The molecule has 1 saturated heterocycles. The Bertz CT molecular complexity index is 583. The SMILES string of the molecule is CCNC(=NCC(C1CC1)N(C)C)N1CCC(COCc2ccccc2)C1. The molecule has 5 heteroatoms. The fourth-order valence-corrected chi connectivity index (χ4v) is 3.90. The molecule has 2 atom stereocenters. The molecule has 2 aliphatic rings. The minimum Gasteiger partial charge on any atom is -0.376 e. The Morgan fingerprint density at radius 3 is 2.70 bits per heavy atom. The van der Waals surface area contributed by atoms with Crippen LogP contribution in [0.3, 0.4) is 0 Å². The van der Waals surface area contributed by atoms with Gasteiger partial charge in [-0.15, -0.1) is 0 Å². The van der Waals surface area contributed by atoms with E-state index in [0.717, 1.165) is 44.7 Å². The van der Waals surface area contributed by atoms with Crippen molar-refractivity contribution in [2.45, 2.75) is 38.8 Å². The van der Waals surface area contributed by atoms with Crippen molar-refractivity contribution >= 4 is 5.96 Å². The monoisotopic (exact) mass is 372 g/mol. The van der Waals surface area contributed by atoms with E-state index in [0.29, 0.717) is 18.6 Å². The van der Waals surface area contributed by atoms with Gasteiger partial charge >= 0.3 is 0 Å². The van der Waals surface area contributed by atoms with E-state index in [-0.39, 0.29) is 0 Å². The zero-order valence-corrected chi connectivity index (χ0v) is 17.2. The van der Waals surface area contributed by atoms with Crippen LogP contribution in [-0.2, 0) is 11.3 Å². The molecule has 0 amide bonds. The summed E-state index contributed by atoms with van der Waals surface area (Å²) in [5.41, 5.74) is 1.25. The van der Waals surface area contributed by atoms with E-state index >= 15 is 0 Å². The van der Waals surface area contributed by atoms with Crippen molar-refractivity contribution < 1.29 is 4.74 Å². The number of ether oxygens (including phenoxy) is 1. The molecule has 0 spiro atoms. The summed E-state index contributed by atoms with van der Waals surface area (Å²) in [5, 5.41) is 3.50. The molecule has 1 aromatic rings. The highest BCUT2D eigenvalue weighted by Crippen LogP contribution is 2.34. The van der Waals surface area contributed by atoms with Gasteiger partial charge in [-0.2, -0.15) is 0 Å². The number of likely N-dealkylation sites (N-methyl/N-ethyl adjacent to an activating group) is 1. The number of nitrogens with one attached hydrogen (secondary N) is 1. The summed E-state index contributed by atoms with van der Waals surface area (Å²) in [6, 6.07) is 11.0. The zero-order chi connectivity index (χ0) is 19.1. The molecule has 0 aromatic heterocycles. The molecule has 27 heavy (non-hydrogen) atoms. The van der Waals surface area contributed by atoms with Crippen LogP contribution >= 0.6 is 0 Å². The first-order valence-corrected chi connectivity index (χ1v) is 10.5. The van der Waals surface area contributed by atoms with E-state index in [1.165, 1.54) is 24.8 Å². The Morgan fingerprint density at radius 1 is 1.26 bits per heavy atom. The predicted molar refractivity (Wildman–Crippen MR) is 112 cm³/mol. The molecule has 0 radical (unpaired) electrons. The highest BCUT2D eigenvalue weighted by atomic mass is 16.5. The van der Waals surface area contributed by atoms with Crippen LogP contribution in [0.2, 0.25) is 0 Å². The summed E-state index contributed by atoms with van der Waals surface area (Å²) in [6.07, 6.45) is 3.90. The number of rotatable bonds is 9. The first-order chi connectivity index (χ1) is 13.2. The second kappa shape index (κ2) is 10.1. The first-order valence-electron chi connectivity index (χ1n) is 10.5. The van der Waals surface area contributed by atoms with Crippen LogP contribution in [0.5, 0.6) is 0 Å². The molecule has 0 bridgehead atoms. The van der Waals surface area contributed by atoms with E-state index in [1.807, 2.05) is 6.07 Å². The molecule has 2 fully saturated rings. The highest BCUT2D eigenvalue weighted by molar-refractivity contribution is 5.80. The fraction of sp³-hybridized carbons (Fsp3) is 0.682. The molecule has 5 nitrogen and oxygen atoms in total. The average Bonchev–Trinajstić information content (AvgIpc) is 3.39. The maximum Gasteiger partial charge on any atom is 0.193 e. The molecule has 1 saturated carbocycles. The smallest absolute Gasteiger partial charge is 0.193 e. The zero-order valence-electron chi connectivity index (χ0n) is 17.2. The molecule has 1 aliphatic heterocycles. The van der Waals surface area contributed by atoms with Crippen molar-refractivity contribution in [1.29, 1.82) is 0 Å². The second-order valence-corrected chi connectivity index (χ2v) is 8.16. The Hall–Kier alpha value is -1.59. The topological polar surface area (TPSA) is 40.1 Å². The van der Waals surface area contributed by atoms with Crippen LogP contribution in [-0.4, -0.2) is 68.7 Å². The lowest BCUT2D eigenvalue weighted by Gasteiger charge is -2.25. The van der Waals surface area contributed by atoms with Crippen LogP contribution in [0.25, 0.3) is 0 Å². The van der Waals surface area contributed by atoms with Gasteiger partial charge in [0.25, 0.3) is 0 Å². The molecule has 1 aromatic carbocycles. The van der Waals surface area contributed by atoms with Crippen molar-refractivity contribution in [2.75, 3.05) is 46.9 Å². The van der Waals surface area contributed by atoms with Gasteiger partial charge in [-0.05, 0) is 51.8 Å². The largest absolute Gasteiger partial charge is 0.376 e. The van der Waals surface area contributed by atoms with E-state index in [9.17, 15) is 0 Å². The van der Waals surface area contributed by atoms with Crippen molar-refractivity contribution in [2.24, 2.45) is 16.8 Å². The highest BCUT2D eigenvalue weighted by Gasteiger charge is 2.33. The van der Waals surface area contributed by atoms with E-state index < -0.39 is 0 Å². The lowest BCUT2D eigenvalue weighted by molar-refractivity contribution is 0.0906. The van der Waals surface area contributed by atoms with Crippen molar-refractivity contribution in [3.63, 3.8) is 0 Å². The summed E-state index contributed by atoms with van der Waals surface area (Å²) < 4.78 is 5.97. The molecule has 3 rings (SSSR count). The fourth-order valence-electron chi connectivity index (χ4n) is 3.90. The number of hydrogen-bond donors (Lipinski definition) is 1. The summed E-state index contributed by atoms with van der Waals surface area (Å²) in [5.74, 6) is 2.51. The lowest BCUT2D eigenvalue weighted by Crippen LogP contribution is -2.42. The normalized spacial score (nSPS) is 21.7. The van der Waals surface area contributed by atoms with Gasteiger partial charge in [-0.1, -0.05) is 30.3 Å². The maximum atomic E-state index is 5.97. The van der Waals surface area contributed by atoms with E-state index in [2.05, 4.69) is 60.4 Å². The maximum absolute atomic E-state index is 5.97. The van der Waals surface area contributed by atoms with Gasteiger partial charge in [0.15, 0.2) is 5.96 Å².